The SMILES string of the molecule is CCC(C)C(N)CNCC(C)OC. The highest BCUT2D eigenvalue weighted by molar-refractivity contribution is 4.71. The molecule has 0 aromatic carbocycles. The summed E-state index contributed by atoms with van der Waals surface area (Å²) in [4.78, 5) is 0. The Bertz CT molecular complexity index is 119. The summed E-state index contributed by atoms with van der Waals surface area (Å²) in [7, 11) is 1.72. The maximum atomic E-state index is 5.95. The van der Waals surface area contributed by atoms with Crippen LogP contribution in [0.15, 0.2) is 0 Å². The molecular formula is C10H24N2O. The third-order valence-electron chi connectivity index (χ3n) is 2.59. The second-order valence-electron chi connectivity index (χ2n) is 3.75. The highest BCUT2D eigenvalue weighted by Gasteiger charge is 2.10. The maximum absolute atomic E-state index is 5.95. The van der Waals surface area contributed by atoms with E-state index in [1.54, 1.807) is 7.11 Å². The van der Waals surface area contributed by atoms with Crippen molar-refractivity contribution in [3.63, 3.8) is 0 Å². The predicted octanol–water partition coefficient (Wildman–Crippen LogP) is 0.984. The quantitative estimate of drug-likeness (QED) is 0.626. The third kappa shape index (κ3) is 6.02. The summed E-state index contributed by atoms with van der Waals surface area (Å²) in [6.07, 6.45) is 1.41. The monoisotopic (exact) mass is 188 g/mol. The van der Waals surface area contributed by atoms with Crippen molar-refractivity contribution in [2.24, 2.45) is 11.7 Å². The average Bonchev–Trinajstić information content (AvgIpc) is 2.15. The van der Waals surface area contributed by atoms with Gasteiger partial charge in [0.1, 0.15) is 0 Å². The molecule has 0 fully saturated rings. The second-order valence-corrected chi connectivity index (χ2v) is 3.75. The lowest BCUT2D eigenvalue weighted by Gasteiger charge is -2.19. The normalized spacial score (nSPS) is 18.2. The van der Waals surface area contributed by atoms with Crippen molar-refractivity contribution in [3.05, 3.63) is 0 Å². The Kier molecular flexibility index (Phi) is 7.23. The Hall–Kier alpha value is -0.120. The first-order valence-electron chi connectivity index (χ1n) is 5.10. The molecule has 0 radical (unpaired) electrons. The molecule has 3 heteroatoms. The molecular weight excluding hydrogens is 164 g/mol. The van der Waals surface area contributed by atoms with E-state index in [4.69, 9.17) is 10.5 Å². The van der Waals surface area contributed by atoms with Gasteiger partial charge in [0.05, 0.1) is 6.10 Å². The molecule has 0 bridgehead atoms. The van der Waals surface area contributed by atoms with Crippen LogP contribution in [0.3, 0.4) is 0 Å². The van der Waals surface area contributed by atoms with Crippen LogP contribution in [0.4, 0.5) is 0 Å². The zero-order valence-electron chi connectivity index (χ0n) is 9.34. The molecule has 3 atom stereocenters. The van der Waals surface area contributed by atoms with Gasteiger partial charge in [0, 0.05) is 26.2 Å². The Morgan fingerprint density at radius 3 is 2.38 bits per heavy atom. The number of nitrogens with two attached hydrogens (primary N) is 1. The van der Waals surface area contributed by atoms with Crippen LogP contribution in [-0.2, 0) is 4.74 Å². The molecule has 0 amide bonds. The second kappa shape index (κ2) is 7.30. The zero-order chi connectivity index (χ0) is 10.3. The first-order valence-corrected chi connectivity index (χ1v) is 5.10. The van der Waals surface area contributed by atoms with E-state index in [0.29, 0.717) is 5.92 Å². The van der Waals surface area contributed by atoms with Crippen LogP contribution in [0.1, 0.15) is 27.2 Å². The van der Waals surface area contributed by atoms with Gasteiger partial charge in [0.15, 0.2) is 0 Å². The standard InChI is InChI=1S/C10H24N2O/c1-5-8(2)10(11)7-12-6-9(3)13-4/h8-10,12H,5-7,11H2,1-4H3. The van der Waals surface area contributed by atoms with Crippen molar-refractivity contribution < 1.29 is 4.74 Å². The molecule has 80 valence electrons. The fourth-order valence-electron chi connectivity index (χ4n) is 1.04. The topological polar surface area (TPSA) is 47.3 Å². The van der Waals surface area contributed by atoms with Crippen LogP contribution in [-0.4, -0.2) is 32.3 Å². The van der Waals surface area contributed by atoms with E-state index in [1.165, 1.54) is 0 Å². The van der Waals surface area contributed by atoms with Gasteiger partial charge in [0.2, 0.25) is 0 Å². The lowest BCUT2D eigenvalue weighted by molar-refractivity contribution is 0.116. The maximum Gasteiger partial charge on any atom is 0.0667 e. The molecule has 3 nitrogen and oxygen atoms in total. The molecule has 0 aromatic heterocycles. The number of nitrogens with one attached hydrogen (secondary N) is 1. The lowest BCUT2D eigenvalue weighted by atomic mass is 10.0. The van der Waals surface area contributed by atoms with Gasteiger partial charge >= 0.3 is 0 Å². The summed E-state index contributed by atoms with van der Waals surface area (Å²) in [6.45, 7) is 8.15. The molecule has 3 N–H and O–H groups in total. The first-order chi connectivity index (χ1) is 6.11. The molecule has 0 aliphatic carbocycles. The van der Waals surface area contributed by atoms with E-state index in [-0.39, 0.29) is 12.1 Å². The van der Waals surface area contributed by atoms with Crippen molar-refractivity contribution in [1.82, 2.24) is 5.32 Å². The van der Waals surface area contributed by atoms with E-state index in [9.17, 15) is 0 Å². The van der Waals surface area contributed by atoms with Gasteiger partial charge in [-0.25, -0.2) is 0 Å². The van der Waals surface area contributed by atoms with Gasteiger partial charge in [0.25, 0.3) is 0 Å². The fraction of sp³-hybridized carbons (Fsp3) is 1.00. The van der Waals surface area contributed by atoms with Gasteiger partial charge in [-0.1, -0.05) is 20.3 Å². The fourth-order valence-corrected chi connectivity index (χ4v) is 1.04. The summed E-state index contributed by atoms with van der Waals surface area (Å²) in [5.74, 6) is 0.588. The number of hydrogen-bond acceptors (Lipinski definition) is 3. The van der Waals surface area contributed by atoms with E-state index in [2.05, 4.69) is 19.2 Å². The van der Waals surface area contributed by atoms with Crippen molar-refractivity contribution in [3.8, 4) is 0 Å². The minimum atomic E-state index is 0.258. The van der Waals surface area contributed by atoms with Crippen molar-refractivity contribution in [2.75, 3.05) is 20.2 Å². The molecule has 13 heavy (non-hydrogen) atoms. The molecule has 0 heterocycles. The van der Waals surface area contributed by atoms with Crippen molar-refractivity contribution >= 4 is 0 Å². The smallest absolute Gasteiger partial charge is 0.0667 e. The van der Waals surface area contributed by atoms with Crippen molar-refractivity contribution in [1.29, 1.82) is 0 Å². The van der Waals surface area contributed by atoms with E-state index >= 15 is 0 Å². The summed E-state index contributed by atoms with van der Waals surface area (Å²) in [6, 6.07) is 0.258. The van der Waals surface area contributed by atoms with Gasteiger partial charge in [-0.05, 0) is 12.8 Å². The van der Waals surface area contributed by atoms with Crippen molar-refractivity contribution in [2.45, 2.75) is 39.3 Å². The highest BCUT2D eigenvalue weighted by Crippen LogP contribution is 2.03. The van der Waals surface area contributed by atoms with E-state index < -0.39 is 0 Å². The average molecular weight is 188 g/mol. The number of rotatable bonds is 7. The van der Waals surface area contributed by atoms with Crippen LogP contribution in [0, 0.1) is 5.92 Å². The Labute approximate surface area is 82.0 Å². The van der Waals surface area contributed by atoms with E-state index in [1.807, 2.05) is 6.92 Å². The summed E-state index contributed by atoms with van der Waals surface area (Å²) in [5.41, 5.74) is 5.95. The van der Waals surface area contributed by atoms with Gasteiger partial charge < -0.3 is 15.8 Å². The minimum Gasteiger partial charge on any atom is -0.380 e. The molecule has 3 unspecified atom stereocenters. The van der Waals surface area contributed by atoms with Crippen LogP contribution < -0.4 is 11.1 Å². The Morgan fingerprint density at radius 2 is 1.92 bits per heavy atom. The van der Waals surface area contributed by atoms with Crippen LogP contribution in [0.5, 0.6) is 0 Å². The van der Waals surface area contributed by atoms with E-state index in [0.717, 1.165) is 19.5 Å². The molecule has 0 saturated carbocycles. The number of hydrogen-bond donors (Lipinski definition) is 2. The number of ether oxygens (including phenoxy) is 1. The van der Waals surface area contributed by atoms with Crippen LogP contribution in [0.2, 0.25) is 0 Å². The molecule has 0 aliphatic rings. The first kappa shape index (κ1) is 12.9. The molecule has 0 rings (SSSR count). The summed E-state index contributed by atoms with van der Waals surface area (Å²) < 4.78 is 5.12. The summed E-state index contributed by atoms with van der Waals surface area (Å²) in [5, 5.41) is 3.30. The lowest BCUT2D eigenvalue weighted by Crippen LogP contribution is -2.41. The minimum absolute atomic E-state index is 0.258. The molecule has 0 saturated heterocycles. The zero-order valence-corrected chi connectivity index (χ0v) is 9.34. The molecule has 0 aromatic rings. The molecule has 0 aliphatic heterocycles. The highest BCUT2D eigenvalue weighted by atomic mass is 16.5. The molecule has 0 spiro atoms. The number of methoxy groups -OCH3 is 1. The largest absolute Gasteiger partial charge is 0.380 e. The van der Waals surface area contributed by atoms with Gasteiger partial charge in [-0.3, -0.25) is 0 Å². The van der Waals surface area contributed by atoms with Gasteiger partial charge in [-0.2, -0.15) is 0 Å². The third-order valence-corrected chi connectivity index (χ3v) is 2.59. The Balaban J connectivity index is 3.41. The van der Waals surface area contributed by atoms with Crippen LogP contribution >= 0.6 is 0 Å². The Morgan fingerprint density at radius 1 is 1.31 bits per heavy atom. The van der Waals surface area contributed by atoms with Crippen LogP contribution in [0.25, 0.3) is 0 Å². The van der Waals surface area contributed by atoms with Gasteiger partial charge in [-0.15, -0.1) is 0 Å². The predicted molar refractivity (Wildman–Crippen MR) is 56.8 cm³/mol. The summed E-state index contributed by atoms with van der Waals surface area (Å²) >= 11 is 0.